The molecule has 2 N–H and O–H groups in total. The Labute approximate surface area is 269 Å². The summed E-state index contributed by atoms with van der Waals surface area (Å²) in [7, 11) is 0. The van der Waals surface area contributed by atoms with Gasteiger partial charge >= 0.3 is 5.97 Å². The van der Waals surface area contributed by atoms with Gasteiger partial charge in [0.15, 0.2) is 5.78 Å². The SMILES string of the molecule is CCOC(=O)c1cnc(CC2(c3ccc(Cl)cc3F)CC2)nc1.NCC(=O)c1cnc(CC2(c3ccc(Cl)cc3F)CC2)nc1. The molecule has 2 fully saturated rings. The van der Waals surface area contributed by atoms with Crippen molar-refractivity contribution < 1.29 is 23.1 Å². The van der Waals surface area contributed by atoms with E-state index in [1.165, 1.54) is 36.9 Å². The molecule has 0 atom stereocenters. The number of carbonyl (C=O) groups is 2. The number of ketones is 1. The Bertz CT molecular complexity index is 1700. The van der Waals surface area contributed by atoms with Crippen LogP contribution in [-0.2, 0) is 28.4 Å². The van der Waals surface area contributed by atoms with E-state index in [9.17, 15) is 18.4 Å². The molecule has 6 rings (SSSR count). The first-order chi connectivity index (χ1) is 21.6. The van der Waals surface area contributed by atoms with Gasteiger partial charge in [0.2, 0.25) is 0 Å². The van der Waals surface area contributed by atoms with Crippen molar-refractivity contribution in [2.75, 3.05) is 13.2 Å². The van der Waals surface area contributed by atoms with Gasteiger partial charge in [-0.25, -0.2) is 33.5 Å². The second kappa shape index (κ2) is 13.6. The number of nitrogens with two attached hydrogens (primary N) is 1. The molecule has 0 saturated heterocycles. The number of carbonyl (C=O) groups excluding carboxylic acids is 2. The van der Waals surface area contributed by atoms with Gasteiger partial charge < -0.3 is 10.5 Å². The monoisotopic (exact) mass is 653 g/mol. The van der Waals surface area contributed by atoms with Gasteiger partial charge in [-0.05, 0) is 68.0 Å². The summed E-state index contributed by atoms with van der Waals surface area (Å²) in [6.45, 7) is 1.98. The molecule has 2 heterocycles. The highest BCUT2D eigenvalue weighted by atomic mass is 35.5. The fourth-order valence-corrected chi connectivity index (χ4v) is 5.62. The fourth-order valence-electron chi connectivity index (χ4n) is 5.30. The molecule has 0 radical (unpaired) electrons. The summed E-state index contributed by atoms with van der Waals surface area (Å²) in [5.41, 5.74) is 6.80. The minimum atomic E-state index is -0.441. The van der Waals surface area contributed by atoms with E-state index in [1.54, 1.807) is 31.2 Å². The van der Waals surface area contributed by atoms with Crippen LogP contribution in [-0.4, -0.2) is 44.8 Å². The Morgan fingerprint density at radius 2 is 1.20 bits per heavy atom. The van der Waals surface area contributed by atoms with E-state index in [0.29, 0.717) is 63.4 Å². The normalized spacial score (nSPS) is 15.4. The second-order valence-electron chi connectivity index (χ2n) is 11.3. The smallest absolute Gasteiger partial charge is 0.341 e. The first-order valence-corrected chi connectivity index (χ1v) is 15.3. The summed E-state index contributed by atoms with van der Waals surface area (Å²) in [5.74, 6) is -0.0382. The minimum absolute atomic E-state index is 0.0668. The van der Waals surface area contributed by atoms with E-state index in [1.807, 2.05) is 0 Å². The molecule has 0 spiro atoms. The molecule has 234 valence electrons. The first-order valence-electron chi connectivity index (χ1n) is 14.5. The van der Waals surface area contributed by atoms with Crippen molar-refractivity contribution in [2.24, 2.45) is 5.73 Å². The van der Waals surface area contributed by atoms with Crippen LogP contribution in [0.3, 0.4) is 0 Å². The van der Waals surface area contributed by atoms with E-state index in [4.69, 9.17) is 33.7 Å². The lowest BCUT2D eigenvalue weighted by atomic mass is 9.91. The van der Waals surface area contributed by atoms with Crippen LogP contribution in [0.2, 0.25) is 10.0 Å². The van der Waals surface area contributed by atoms with Crippen molar-refractivity contribution in [1.82, 2.24) is 19.9 Å². The number of Topliss-reactive ketones (excluding diaryl/α,β-unsaturated/α-hetero) is 1. The maximum Gasteiger partial charge on any atom is 0.341 e. The number of aromatic nitrogens is 4. The number of hydrogen-bond donors (Lipinski definition) is 1. The van der Waals surface area contributed by atoms with Crippen molar-refractivity contribution in [3.05, 3.63) is 117 Å². The summed E-state index contributed by atoms with van der Waals surface area (Å²) in [4.78, 5) is 39.9. The van der Waals surface area contributed by atoms with Crippen LogP contribution in [0.4, 0.5) is 8.78 Å². The van der Waals surface area contributed by atoms with Crippen LogP contribution in [0.1, 0.15) is 76.1 Å². The Hall–Kier alpha value is -3.86. The summed E-state index contributed by atoms with van der Waals surface area (Å²) < 4.78 is 33.2. The summed E-state index contributed by atoms with van der Waals surface area (Å²) in [6.07, 6.45) is 10.5. The number of halogens is 4. The van der Waals surface area contributed by atoms with Gasteiger partial charge in [-0.15, -0.1) is 0 Å². The van der Waals surface area contributed by atoms with E-state index >= 15 is 0 Å². The quantitative estimate of drug-likeness (QED) is 0.154. The molecular weight excluding hydrogens is 623 g/mol. The lowest BCUT2D eigenvalue weighted by Gasteiger charge is -2.16. The molecule has 2 aromatic heterocycles. The predicted molar refractivity (Wildman–Crippen MR) is 165 cm³/mol. The molecule has 12 heteroatoms. The van der Waals surface area contributed by atoms with Gasteiger partial charge in [0.1, 0.15) is 23.3 Å². The van der Waals surface area contributed by atoms with Crippen molar-refractivity contribution in [1.29, 1.82) is 0 Å². The van der Waals surface area contributed by atoms with Crippen LogP contribution in [0, 0.1) is 11.6 Å². The minimum Gasteiger partial charge on any atom is -0.462 e. The average Bonchev–Trinajstić information content (AvgIpc) is 3.96. The van der Waals surface area contributed by atoms with Crippen molar-refractivity contribution in [3.63, 3.8) is 0 Å². The van der Waals surface area contributed by atoms with E-state index in [-0.39, 0.29) is 34.8 Å². The summed E-state index contributed by atoms with van der Waals surface area (Å²) >= 11 is 11.6. The molecule has 0 amide bonds. The van der Waals surface area contributed by atoms with Gasteiger partial charge in [0.25, 0.3) is 0 Å². The number of nitrogens with zero attached hydrogens (tertiary/aromatic N) is 4. The molecule has 8 nitrogen and oxygen atoms in total. The highest BCUT2D eigenvalue weighted by molar-refractivity contribution is 6.30. The highest BCUT2D eigenvalue weighted by Crippen LogP contribution is 2.52. The zero-order chi connectivity index (χ0) is 32.2. The molecule has 2 aromatic carbocycles. The largest absolute Gasteiger partial charge is 0.462 e. The standard InChI is InChI=1S/C17H16ClFN2O2.C16H15ClFN3O/c1-2-23-16(22)11-9-20-15(21-10-11)8-17(5-6-17)13-4-3-12(18)7-14(13)19;17-11-1-2-12(13(18)5-11)16(3-4-16)6-15-20-8-10(9-21-15)14(22)7-19/h3-4,7,9-10H,2,5-6,8H2,1H3;1-2,5,8-9H,3-4,6-7,19H2. The maximum absolute atomic E-state index is 14.2. The van der Waals surface area contributed by atoms with Crippen molar-refractivity contribution in [2.45, 2.75) is 56.3 Å². The molecule has 0 unspecified atom stereocenters. The fraction of sp³-hybridized carbons (Fsp3) is 0.333. The van der Waals surface area contributed by atoms with Crippen LogP contribution in [0.15, 0.2) is 61.2 Å². The molecule has 2 saturated carbocycles. The van der Waals surface area contributed by atoms with Crippen LogP contribution in [0.25, 0.3) is 0 Å². The topological polar surface area (TPSA) is 121 Å². The predicted octanol–water partition coefficient (Wildman–Crippen LogP) is 6.40. The third kappa shape index (κ3) is 7.69. The van der Waals surface area contributed by atoms with Crippen molar-refractivity contribution in [3.8, 4) is 0 Å². The Kier molecular flexibility index (Phi) is 9.86. The molecule has 4 aromatic rings. The van der Waals surface area contributed by atoms with Crippen LogP contribution < -0.4 is 5.73 Å². The van der Waals surface area contributed by atoms with Crippen LogP contribution >= 0.6 is 23.2 Å². The van der Waals surface area contributed by atoms with Gasteiger partial charge in [-0.3, -0.25) is 4.79 Å². The summed E-state index contributed by atoms with van der Waals surface area (Å²) in [6, 6.07) is 9.53. The Morgan fingerprint density at radius 1 is 0.778 bits per heavy atom. The van der Waals surface area contributed by atoms with E-state index in [2.05, 4.69) is 19.9 Å². The van der Waals surface area contributed by atoms with Crippen molar-refractivity contribution >= 4 is 35.0 Å². The van der Waals surface area contributed by atoms with Crippen LogP contribution in [0.5, 0.6) is 0 Å². The average molecular weight is 655 g/mol. The third-order valence-electron chi connectivity index (χ3n) is 8.13. The number of esters is 1. The Balaban J connectivity index is 0.000000178. The lowest BCUT2D eigenvalue weighted by Crippen LogP contribution is -2.17. The highest BCUT2D eigenvalue weighted by Gasteiger charge is 2.47. The lowest BCUT2D eigenvalue weighted by molar-refractivity contribution is 0.0525. The zero-order valence-electron chi connectivity index (χ0n) is 24.5. The molecule has 0 bridgehead atoms. The number of benzene rings is 2. The maximum atomic E-state index is 14.2. The second-order valence-corrected chi connectivity index (χ2v) is 12.2. The molecular formula is C33H31Cl2F2N5O3. The molecule has 2 aliphatic carbocycles. The number of hydrogen-bond acceptors (Lipinski definition) is 8. The first kappa shape index (κ1) is 32.5. The van der Waals surface area contributed by atoms with E-state index < -0.39 is 5.97 Å². The van der Waals surface area contributed by atoms with Gasteiger partial charge in [-0.2, -0.15) is 0 Å². The van der Waals surface area contributed by atoms with Gasteiger partial charge in [0, 0.05) is 58.5 Å². The third-order valence-corrected chi connectivity index (χ3v) is 8.60. The number of rotatable bonds is 10. The molecule has 2 aliphatic rings. The van der Waals surface area contributed by atoms with Gasteiger partial charge in [0.05, 0.1) is 24.3 Å². The number of ether oxygens (including phenoxy) is 1. The van der Waals surface area contributed by atoms with E-state index in [0.717, 1.165) is 25.7 Å². The zero-order valence-corrected chi connectivity index (χ0v) is 26.0. The summed E-state index contributed by atoms with van der Waals surface area (Å²) in [5, 5.41) is 0.773. The molecule has 0 aliphatic heterocycles. The Morgan fingerprint density at radius 3 is 1.56 bits per heavy atom. The van der Waals surface area contributed by atoms with Gasteiger partial charge in [-0.1, -0.05) is 35.3 Å². The molecule has 45 heavy (non-hydrogen) atoms.